The van der Waals surface area contributed by atoms with Gasteiger partial charge in [-0.15, -0.1) is 0 Å². The summed E-state index contributed by atoms with van der Waals surface area (Å²) in [7, 11) is 0. The third-order valence-electron chi connectivity index (χ3n) is 2.11. The number of rotatable bonds is 1. The van der Waals surface area contributed by atoms with E-state index in [9.17, 15) is 14.9 Å². The van der Waals surface area contributed by atoms with Crippen LogP contribution in [0, 0.1) is 10.1 Å². The van der Waals surface area contributed by atoms with E-state index in [0.717, 1.165) is 6.20 Å². The second-order valence-electron chi connectivity index (χ2n) is 3.04. The molecule has 0 radical (unpaired) electrons. The van der Waals surface area contributed by atoms with Gasteiger partial charge >= 0.3 is 5.70 Å². The first kappa shape index (κ1) is 9.26. The Balaban J connectivity index is 2.77. The van der Waals surface area contributed by atoms with Crippen molar-refractivity contribution in [2.24, 2.45) is 4.99 Å². The maximum atomic E-state index is 11.6. The molecule has 0 aromatic heterocycles. The quantitative estimate of drug-likeness (QED) is 0.476. The van der Waals surface area contributed by atoms with Gasteiger partial charge in [-0.1, -0.05) is 18.7 Å². The van der Waals surface area contributed by atoms with Crippen molar-refractivity contribution in [1.29, 1.82) is 0 Å². The summed E-state index contributed by atoms with van der Waals surface area (Å²) in [6, 6.07) is 4.82. The molecule has 0 fully saturated rings. The Kier molecular flexibility index (Phi) is 1.93. The fourth-order valence-corrected chi connectivity index (χ4v) is 1.38. The molecule has 1 aromatic carbocycles. The highest BCUT2D eigenvalue weighted by Gasteiger charge is 2.27. The number of Topliss-reactive ketones (excluding diaryl/α,β-unsaturated/α-hetero) is 1. The molecule has 0 unspecified atom stereocenters. The lowest BCUT2D eigenvalue weighted by Crippen LogP contribution is -2.33. The number of nitrogens with zero attached hydrogens (tertiary/aromatic N) is 2. The zero-order chi connectivity index (χ0) is 11.0. The van der Waals surface area contributed by atoms with Crippen molar-refractivity contribution in [2.45, 2.75) is 0 Å². The molecule has 5 heteroatoms. The molecule has 0 N–H and O–H groups in total. The number of carbonyl (C=O) groups excluding carboxylic acids is 1. The molecule has 5 nitrogen and oxygen atoms in total. The molecule has 0 saturated heterocycles. The van der Waals surface area contributed by atoms with Crippen LogP contribution < -0.4 is 10.6 Å². The third-order valence-corrected chi connectivity index (χ3v) is 2.11. The van der Waals surface area contributed by atoms with E-state index in [1.807, 2.05) is 0 Å². The predicted molar refractivity (Wildman–Crippen MR) is 52.2 cm³/mol. The Labute approximate surface area is 84.2 Å². The van der Waals surface area contributed by atoms with E-state index < -0.39 is 16.4 Å². The summed E-state index contributed by atoms with van der Waals surface area (Å²) in [5, 5.41) is 11.5. The Hall–Kier alpha value is -2.30. The monoisotopic (exact) mass is 202 g/mol. The van der Waals surface area contributed by atoms with Crippen LogP contribution in [0.5, 0.6) is 0 Å². The van der Waals surface area contributed by atoms with Crippen molar-refractivity contribution in [3.63, 3.8) is 0 Å². The topological polar surface area (TPSA) is 72.6 Å². The lowest BCUT2D eigenvalue weighted by atomic mass is 10.1. The van der Waals surface area contributed by atoms with Crippen molar-refractivity contribution >= 4 is 12.4 Å². The molecule has 74 valence electrons. The number of hydrogen-bond donors (Lipinski definition) is 0. The molecule has 0 bridgehead atoms. The molecular weight excluding hydrogens is 196 g/mol. The number of ketones is 1. The van der Waals surface area contributed by atoms with Crippen molar-refractivity contribution < 1.29 is 9.72 Å². The standard InChI is InChI=1S/C10H6N2O3/c1-6-3-2-4-7-9(6)11-5-8(10(7)13)12(14)15/h2-5H,1H2. The summed E-state index contributed by atoms with van der Waals surface area (Å²) in [5.74, 6) is -0.615. The molecule has 1 aromatic rings. The van der Waals surface area contributed by atoms with Crippen molar-refractivity contribution in [3.05, 3.63) is 56.3 Å². The molecule has 1 aliphatic rings. The van der Waals surface area contributed by atoms with Crippen LogP contribution in [0.2, 0.25) is 0 Å². The minimum Gasteiger partial charge on any atom is -0.281 e. The van der Waals surface area contributed by atoms with Gasteiger partial charge < -0.3 is 0 Å². The summed E-state index contributed by atoms with van der Waals surface area (Å²) in [5.41, 5.74) is -0.273. The van der Waals surface area contributed by atoms with E-state index in [4.69, 9.17) is 0 Å². The first-order valence-electron chi connectivity index (χ1n) is 4.16. The van der Waals surface area contributed by atoms with Gasteiger partial charge in [-0.2, -0.15) is 0 Å². The second-order valence-corrected chi connectivity index (χ2v) is 3.04. The van der Waals surface area contributed by atoms with Crippen LogP contribution in [0.1, 0.15) is 10.4 Å². The molecule has 15 heavy (non-hydrogen) atoms. The van der Waals surface area contributed by atoms with Gasteiger partial charge in [-0.05, 0) is 11.3 Å². The highest BCUT2D eigenvalue weighted by molar-refractivity contribution is 6.07. The minimum atomic E-state index is -0.732. The first-order chi connectivity index (χ1) is 7.11. The van der Waals surface area contributed by atoms with E-state index in [2.05, 4.69) is 11.6 Å². The normalized spacial score (nSPS) is 13.9. The van der Waals surface area contributed by atoms with Gasteiger partial charge in [-0.25, -0.2) is 4.99 Å². The van der Waals surface area contributed by atoms with Crippen molar-refractivity contribution in [1.82, 2.24) is 0 Å². The van der Waals surface area contributed by atoms with Crippen LogP contribution in [0.4, 0.5) is 0 Å². The molecule has 1 aliphatic heterocycles. The van der Waals surface area contributed by atoms with Gasteiger partial charge in [0.1, 0.15) is 6.20 Å². The smallest absolute Gasteiger partial charge is 0.281 e. The van der Waals surface area contributed by atoms with E-state index >= 15 is 0 Å². The van der Waals surface area contributed by atoms with Crippen molar-refractivity contribution in [2.75, 3.05) is 0 Å². The van der Waals surface area contributed by atoms with Gasteiger partial charge in [0.2, 0.25) is 0 Å². The van der Waals surface area contributed by atoms with E-state index in [-0.39, 0.29) is 5.56 Å². The van der Waals surface area contributed by atoms with Crippen LogP contribution in [0.15, 0.2) is 35.1 Å². The molecule has 0 aliphatic carbocycles. The summed E-state index contributed by atoms with van der Waals surface area (Å²) < 4.78 is 0. The number of nitro groups is 1. The molecule has 1 heterocycles. The zero-order valence-electron chi connectivity index (χ0n) is 7.64. The minimum absolute atomic E-state index is 0.233. The number of allylic oxidation sites excluding steroid dienone is 1. The average Bonchev–Trinajstić information content (AvgIpc) is 2.19. The van der Waals surface area contributed by atoms with E-state index in [1.165, 1.54) is 6.07 Å². The van der Waals surface area contributed by atoms with Gasteiger partial charge in [0.15, 0.2) is 0 Å². The summed E-state index contributed by atoms with van der Waals surface area (Å²) in [4.78, 5) is 25.2. The zero-order valence-corrected chi connectivity index (χ0v) is 7.64. The fraction of sp³-hybridized carbons (Fsp3) is 0. The molecule has 0 amide bonds. The van der Waals surface area contributed by atoms with Crippen LogP contribution in [0.25, 0.3) is 6.58 Å². The van der Waals surface area contributed by atoms with Crippen LogP contribution in [0.3, 0.4) is 0 Å². The largest absolute Gasteiger partial charge is 0.335 e. The summed E-state index contributed by atoms with van der Waals surface area (Å²) in [6.45, 7) is 3.69. The molecule has 0 spiro atoms. The van der Waals surface area contributed by atoms with Crippen LogP contribution in [-0.2, 0) is 0 Å². The predicted octanol–water partition coefficient (Wildman–Crippen LogP) is 0.0309. The summed E-state index contributed by atoms with van der Waals surface area (Å²) in [6.07, 6.45) is 0.972. The average molecular weight is 202 g/mol. The first-order valence-corrected chi connectivity index (χ1v) is 4.16. The van der Waals surface area contributed by atoms with Gasteiger partial charge in [-0.3, -0.25) is 14.9 Å². The fourth-order valence-electron chi connectivity index (χ4n) is 1.38. The summed E-state index contributed by atoms with van der Waals surface area (Å²) >= 11 is 0. The number of para-hydroxylation sites is 1. The van der Waals surface area contributed by atoms with Gasteiger partial charge in [0, 0.05) is 0 Å². The maximum absolute atomic E-state index is 11.6. The molecule has 0 atom stereocenters. The van der Waals surface area contributed by atoms with E-state index in [0.29, 0.717) is 10.6 Å². The van der Waals surface area contributed by atoms with Crippen LogP contribution >= 0.6 is 0 Å². The molecule has 2 rings (SSSR count). The molecular formula is C10H6N2O3. The SMILES string of the molecule is C=c1cccc2c1=NC=C([N+](=O)[O-])C2=O. The molecule has 0 saturated carbocycles. The Morgan fingerprint density at radius 3 is 2.80 bits per heavy atom. The highest BCUT2D eigenvalue weighted by atomic mass is 16.6. The van der Waals surface area contributed by atoms with Crippen molar-refractivity contribution in [3.8, 4) is 0 Å². The lowest BCUT2D eigenvalue weighted by Gasteiger charge is -2.03. The van der Waals surface area contributed by atoms with Crippen LogP contribution in [-0.4, -0.2) is 10.7 Å². The third kappa shape index (κ3) is 1.34. The lowest BCUT2D eigenvalue weighted by molar-refractivity contribution is -0.417. The number of carbonyl (C=O) groups is 1. The number of hydrogen-bond acceptors (Lipinski definition) is 4. The second kappa shape index (κ2) is 3.13. The Morgan fingerprint density at radius 1 is 1.40 bits per heavy atom. The van der Waals surface area contributed by atoms with E-state index in [1.54, 1.807) is 12.1 Å². The highest BCUT2D eigenvalue weighted by Crippen LogP contribution is 2.08. The van der Waals surface area contributed by atoms with Gasteiger partial charge in [0.05, 0.1) is 15.8 Å². The Bertz CT molecular complexity index is 602. The van der Waals surface area contributed by atoms with Gasteiger partial charge in [0.25, 0.3) is 5.78 Å². The Morgan fingerprint density at radius 2 is 2.13 bits per heavy atom. The number of benzene rings is 1. The number of fused-ring (bicyclic) bond motifs is 1. The maximum Gasteiger partial charge on any atom is 0.335 e.